The molecule has 4 aromatic carbocycles. The largest absolute Gasteiger partial charge is 0.330 e. The molecule has 4 aromatic rings. The Bertz CT molecular complexity index is 1660. The topological polar surface area (TPSA) is 98.8 Å². The number of anilines is 2. The van der Waals surface area contributed by atoms with Gasteiger partial charge in [-0.15, -0.1) is 0 Å². The first-order valence-corrected chi connectivity index (χ1v) is 17.4. The Morgan fingerprint density at radius 3 is 1.31 bits per heavy atom. The van der Waals surface area contributed by atoms with Gasteiger partial charge in [-0.25, -0.2) is 0 Å². The second kappa shape index (κ2) is 14.5. The van der Waals surface area contributed by atoms with Crippen molar-refractivity contribution in [1.82, 2.24) is 9.80 Å². The molecule has 4 atom stereocenters. The van der Waals surface area contributed by atoms with Crippen LogP contribution >= 0.6 is 0 Å². The number of rotatable bonds is 10. The van der Waals surface area contributed by atoms with Gasteiger partial charge in [0.25, 0.3) is 0 Å². The lowest BCUT2D eigenvalue weighted by Crippen LogP contribution is -2.43. The average Bonchev–Trinajstić information content (AvgIpc) is 3.49. The van der Waals surface area contributed by atoms with E-state index in [4.69, 9.17) is 0 Å². The van der Waals surface area contributed by atoms with Gasteiger partial charge in [0.05, 0.1) is 12.8 Å². The van der Waals surface area contributed by atoms with Crippen LogP contribution in [0.3, 0.4) is 0 Å². The maximum atomic E-state index is 13.2. The first-order chi connectivity index (χ1) is 23.9. The Morgan fingerprint density at radius 2 is 0.918 bits per heavy atom. The summed E-state index contributed by atoms with van der Waals surface area (Å²) in [6, 6.07) is 34.5. The number of hydrogen-bond donors (Lipinski definition) is 2. The number of likely N-dealkylation sites (tertiary alicyclic amines) is 2. The predicted molar refractivity (Wildman–Crippen MR) is 190 cm³/mol. The van der Waals surface area contributed by atoms with Crippen LogP contribution in [0.25, 0.3) is 0 Å². The summed E-state index contributed by atoms with van der Waals surface area (Å²) in [6.07, 6.45) is 4.63. The fourth-order valence-electron chi connectivity index (χ4n) is 7.43. The van der Waals surface area contributed by atoms with Crippen LogP contribution in [-0.2, 0) is 32.0 Å². The molecule has 3 fully saturated rings. The van der Waals surface area contributed by atoms with Crippen molar-refractivity contribution in [2.75, 3.05) is 23.7 Å². The molecule has 2 N–H and O–H groups in total. The molecule has 7 rings (SSSR count). The zero-order chi connectivity index (χ0) is 33.7. The van der Waals surface area contributed by atoms with E-state index in [0.717, 1.165) is 41.8 Å². The van der Waals surface area contributed by atoms with E-state index in [1.54, 1.807) is 9.80 Å². The molecule has 8 heteroatoms. The van der Waals surface area contributed by atoms with Crippen molar-refractivity contribution in [3.63, 3.8) is 0 Å². The van der Waals surface area contributed by atoms with Gasteiger partial charge in [0.2, 0.25) is 23.6 Å². The molecule has 4 amide bonds. The lowest BCUT2D eigenvalue weighted by Gasteiger charge is -2.24. The van der Waals surface area contributed by atoms with Crippen LogP contribution in [0.4, 0.5) is 11.4 Å². The third-order valence-corrected chi connectivity index (χ3v) is 10.2. The normalized spacial score (nSPS) is 21.3. The lowest BCUT2D eigenvalue weighted by atomic mass is 10.0. The van der Waals surface area contributed by atoms with Crippen LogP contribution in [0, 0.1) is 0 Å². The molecule has 250 valence electrons. The van der Waals surface area contributed by atoms with Crippen LogP contribution in [-0.4, -0.2) is 58.6 Å². The van der Waals surface area contributed by atoms with E-state index in [2.05, 4.69) is 34.9 Å². The number of hydrogen-bond acceptors (Lipinski definition) is 4. The number of carbonyl (C=O) groups is 4. The van der Waals surface area contributed by atoms with E-state index in [-0.39, 0.29) is 23.6 Å². The second-order valence-electron chi connectivity index (χ2n) is 13.5. The van der Waals surface area contributed by atoms with Crippen LogP contribution in [0.5, 0.6) is 0 Å². The Morgan fingerprint density at radius 1 is 0.531 bits per heavy atom. The van der Waals surface area contributed by atoms with E-state index in [9.17, 15) is 19.2 Å². The molecular weight excluding hydrogens is 612 g/mol. The van der Waals surface area contributed by atoms with Gasteiger partial charge in [-0.05, 0) is 90.5 Å². The zero-order valence-electron chi connectivity index (χ0n) is 27.6. The highest BCUT2D eigenvalue weighted by Gasteiger charge is 2.40. The maximum absolute atomic E-state index is 13.2. The van der Waals surface area contributed by atoms with Crippen LogP contribution in [0.1, 0.15) is 66.2 Å². The summed E-state index contributed by atoms with van der Waals surface area (Å²) in [7, 11) is 0. The number of carbonyl (C=O) groups excluding carboxylic acids is 4. The summed E-state index contributed by atoms with van der Waals surface area (Å²) >= 11 is 0. The van der Waals surface area contributed by atoms with Gasteiger partial charge < -0.3 is 20.4 Å². The molecule has 0 bridgehead atoms. The summed E-state index contributed by atoms with van der Waals surface area (Å²) in [4.78, 5) is 55.8. The summed E-state index contributed by atoms with van der Waals surface area (Å²) in [5.41, 5.74) is 5.82. The Hall–Kier alpha value is -5.24. The minimum Gasteiger partial charge on any atom is -0.330 e. The minimum atomic E-state index is -0.448. The lowest BCUT2D eigenvalue weighted by molar-refractivity contribution is -0.136. The Labute approximate surface area is 287 Å². The van der Waals surface area contributed by atoms with E-state index in [1.807, 2.05) is 84.9 Å². The third-order valence-electron chi connectivity index (χ3n) is 10.2. The molecule has 0 radical (unpaired) electrons. The molecule has 1 aliphatic carbocycles. The van der Waals surface area contributed by atoms with Crippen LogP contribution in [0.2, 0.25) is 0 Å². The smallest absolute Gasteiger partial charge is 0.247 e. The van der Waals surface area contributed by atoms with Crippen molar-refractivity contribution in [2.24, 2.45) is 0 Å². The van der Waals surface area contributed by atoms with Gasteiger partial charge in [0.1, 0.15) is 12.1 Å². The molecule has 0 aromatic heterocycles. The van der Waals surface area contributed by atoms with Gasteiger partial charge >= 0.3 is 0 Å². The molecule has 2 saturated heterocycles. The van der Waals surface area contributed by atoms with Crippen molar-refractivity contribution in [2.45, 2.75) is 68.9 Å². The molecule has 2 aliphatic heterocycles. The fraction of sp³-hybridized carbons (Fsp3) is 0.317. The van der Waals surface area contributed by atoms with Gasteiger partial charge in [0.15, 0.2) is 0 Å². The molecule has 3 aliphatic rings. The minimum absolute atomic E-state index is 0.0131. The van der Waals surface area contributed by atoms with Crippen molar-refractivity contribution in [1.29, 1.82) is 0 Å². The molecular formula is C41H42N4O4. The van der Waals surface area contributed by atoms with E-state index >= 15 is 0 Å². The second-order valence-corrected chi connectivity index (χ2v) is 13.5. The first-order valence-electron chi connectivity index (χ1n) is 17.4. The summed E-state index contributed by atoms with van der Waals surface area (Å²) in [6.45, 7) is 1.21. The number of nitrogens with zero attached hydrogens (tertiary/aromatic N) is 2. The summed E-state index contributed by atoms with van der Waals surface area (Å²) < 4.78 is 0. The number of amides is 4. The van der Waals surface area contributed by atoms with Gasteiger partial charge in [0, 0.05) is 24.5 Å². The van der Waals surface area contributed by atoms with Crippen LogP contribution in [0.15, 0.2) is 109 Å². The Kier molecular flexibility index (Phi) is 9.55. The molecule has 1 saturated carbocycles. The zero-order valence-corrected chi connectivity index (χ0v) is 27.6. The van der Waals surface area contributed by atoms with E-state index in [0.29, 0.717) is 50.6 Å². The summed E-state index contributed by atoms with van der Waals surface area (Å²) in [5.74, 6) is 0.495. The monoisotopic (exact) mass is 654 g/mol. The number of nitrogens with one attached hydrogen (secondary N) is 2. The third kappa shape index (κ3) is 7.59. The van der Waals surface area contributed by atoms with Gasteiger partial charge in [-0.3, -0.25) is 19.2 Å². The van der Waals surface area contributed by atoms with E-state index in [1.165, 1.54) is 11.1 Å². The molecule has 49 heavy (non-hydrogen) atoms. The molecule has 8 nitrogen and oxygen atoms in total. The molecule has 2 heterocycles. The fourth-order valence-corrected chi connectivity index (χ4v) is 7.43. The molecule has 0 spiro atoms. The standard InChI is InChI=1S/C41H42N4O4/c46-38(25-28-9-3-1-4-10-28)44-23-7-13-36(44)40(48)42-32-19-15-30(16-20-32)34-27-35(34)31-17-21-33(22-18-31)43-41(49)37-14-8-24-45(37)39(47)26-29-11-5-2-6-12-29/h1-6,9-12,15-22,34-37H,7-8,13-14,23-27H2,(H,42,48)(H,43,49)/t34-,35+,36-,37-/m0/s1. The van der Waals surface area contributed by atoms with Gasteiger partial charge in [-0.1, -0.05) is 84.9 Å². The highest BCUT2D eigenvalue weighted by molar-refractivity contribution is 5.98. The van der Waals surface area contributed by atoms with Crippen molar-refractivity contribution in [3.05, 3.63) is 131 Å². The van der Waals surface area contributed by atoms with Gasteiger partial charge in [-0.2, -0.15) is 0 Å². The SMILES string of the molecule is O=C(Nc1ccc([C@H]2C[C@H]2c2ccc(NC(=O)[C@@H]3CCCN3C(=O)Cc3ccccc3)cc2)cc1)[C@@H]1CCCN1C(=O)Cc1ccccc1. The molecule has 0 unspecified atom stereocenters. The first kappa shape index (κ1) is 32.3. The van der Waals surface area contributed by atoms with Crippen molar-refractivity contribution >= 4 is 35.0 Å². The average molecular weight is 655 g/mol. The van der Waals surface area contributed by atoms with Crippen LogP contribution < -0.4 is 10.6 Å². The number of benzene rings is 4. The highest BCUT2D eigenvalue weighted by atomic mass is 16.2. The highest BCUT2D eigenvalue weighted by Crippen LogP contribution is 2.54. The predicted octanol–water partition coefficient (Wildman–Crippen LogP) is 6.30. The van der Waals surface area contributed by atoms with Crippen molar-refractivity contribution < 1.29 is 19.2 Å². The summed E-state index contributed by atoms with van der Waals surface area (Å²) in [5, 5.41) is 6.07. The van der Waals surface area contributed by atoms with Crippen molar-refractivity contribution in [3.8, 4) is 0 Å². The maximum Gasteiger partial charge on any atom is 0.247 e. The van der Waals surface area contributed by atoms with E-state index < -0.39 is 12.1 Å². The Balaban J connectivity index is 0.895. The quantitative estimate of drug-likeness (QED) is 0.210.